The van der Waals surface area contributed by atoms with Gasteiger partial charge in [-0.2, -0.15) is 0 Å². The minimum Gasteiger partial charge on any atom is -0.317 e. The molecule has 5 nitrogen and oxygen atoms in total. The molecule has 0 bridgehead atoms. The summed E-state index contributed by atoms with van der Waals surface area (Å²) >= 11 is 0. The second kappa shape index (κ2) is 19.4. The molecule has 1 aliphatic rings. The van der Waals surface area contributed by atoms with E-state index < -0.39 is 0 Å². The summed E-state index contributed by atoms with van der Waals surface area (Å²) in [5, 5.41) is 7.62. The molecule has 6 heteroatoms. The van der Waals surface area contributed by atoms with Crippen LogP contribution in [-0.4, -0.2) is 65.4 Å². The molecule has 0 spiro atoms. The molecule has 0 saturated carbocycles. The molecule has 1 aliphatic heterocycles. The molecule has 0 aromatic rings. The van der Waals surface area contributed by atoms with Gasteiger partial charge in [-0.1, -0.05) is 0 Å². The Hall–Kier alpha value is 1.38. The van der Waals surface area contributed by atoms with Gasteiger partial charge >= 0.3 is 49.4 Å². The minimum absolute atomic E-state index is 0. The molecule has 1 saturated heterocycles. The molecule has 5 N–H and O–H groups in total. The van der Waals surface area contributed by atoms with Crippen LogP contribution in [0.5, 0.6) is 0 Å². The third kappa shape index (κ3) is 17.6. The Kier molecular flexibility index (Phi) is 13.6. The van der Waals surface area contributed by atoms with Crippen LogP contribution in [0.15, 0.2) is 0 Å². The van der Waals surface area contributed by atoms with Crippen LogP contribution in [0, 0.1) is 49.4 Å². The number of rotatable bonds is 0. The van der Waals surface area contributed by atoms with Crippen molar-refractivity contribution in [2.75, 3.05) is 65.4 Å². The Labute approximate surface area is 179 Å². The molecule has 1 rings (SSSR count). The summed E-state index contributed by atoms with van der Waals surface area (Å²) in [5.74, 6) is 0. The van der Waals surface area contributed by atoms with Crippen molar-refractivity contribution in [1.29, 1.82) is 0 Å². The third-order valence-corrected chi connectivity index (χ3v) is 3.16. The van der Waals surface area contributed by atoms with Crippen molar-refractivity contribution >= 4 is 0 Å². The fourth-order valence-electron chi connectivity index (χ4n) is 2.03. The van der Waals surface area contributed by atoms with Crippen LogP contribution in [0.25, 0.3) is 0 Å². The van der Waals surface area contributed by atoms with E-state index in [1.807, 2.05) is 0 Å². The van der Waals surface area contributed by atoms with Crippen molar-refractivity contribution < 1.29 is 56.4 Å². The van der Waals surface area contributed by atoms with Crippen LogP contribution < -0.4 is 26.5 Å². The smallest absolute Gasteiger partial charge is 0.317 e. The van der Waals surface area contributed by atoms with Crippen molar-refractivity contribution in [1.82, 2.24) is 26.5 Å². The van der Waals surface area contributed by atoms with Crippen molar-refractivity contribution in [3.05, 3.63) is 0 Å². The van der Waals surface area contributed by atoms with Gasteiger partial charge in [-0.3, -0.25) is 0 Å². The predicted octanol–water partition coefficient (Wildman–Crippen LogP) is -0.101. The van der Waals surface area contributed by atoms with Crippen LogP contribution >= 0.6 is 0 Å². The summed E-state index contributed by atoms with van der Waals surface area (Å²) < 4.78 is 39.5. The molecule has 125 valence electrons. The van der Waals surface area contributed by atoms with Gasteiger partial charge < -0.3 is 26.5 Å². The fourth-order valence-corrected chi connectivity index (χ4v) is 2.03. The zero-order chi connectivity index (χ0) is 18.5. The van der Waals surface area contributed by atoms with E-state index in [9.17, 15) is 0 Å². The Bertz CT molecular complexity index is 245. The van der Waals surface area contributed by atoms with Gasteiger partial charge in [0, 0.05) is 0 Å². The van der Waals surface area contributed by atoms with E-state index >= 15 is 0 Å². The molecule has 1 heterocycles. The maximum atomic E-state index is 7.89. The Balaban J connectivity index is 0.00000625. The van der Waals surface area contributed by atoms with E-state index in [4.69, 9.17) is 7.06 Å². The number of hydrogen-bond donors (Lipinski definition) is 5. The summed E-state index contributed by atoms with van der Waals surface area (Å²) in [6.45, 7) is 6.45. The van der Waals surface area contributed by atoms with E-state index in [0.29, 0.717) is 65.4 Å². The van der Waals surface area contributed by atoms with Gasteiger partial charge in [-0.25, -0.2) is 0 Å². The second-order valence-corrected chi connectivity index (χ2v) is 5.12. The molecule has 1 radical (unpaired) electrons. The summed E-state index contributed by atoms with van der Waals surface area (Å²) in [6, 6.07) is 0. The first kappa shape index (κ1) is 14.7. The van der Waals surface area contributed by atoms with Crippen LogP contribution in [0.1, 0.15) is 32.1 Å². The summed E-state index contributed by atoms with van der Waals surface area (Å²) in [5.41, 5.74) is 0. The fraction of sp³-hybridized carbons (Fsp3) is 1.00. The summed E-state index contributed by atoms with van der Waals surface area (Å²) in [4.78, 5) is 0. The topological polar surface area (TPSA) is 60.1 Å². The molecular formula is C15H35EuN5+2. The number of hydrogen-bond acceptors (Lipinski definition) is 5. The molecule has 0 atom stereocenters. The quantitative estimate of drug-likeness (QED) is 0.363. The molecular weight excluding hydrogens is 402 g/mol. The Morgan fingerprint density at radius 2 is 0.524 bits per heavy atom. The van der Waals surface area contributed by atoms with Crippen molar-refractivity contribution in [3.63, 3.8) is 0 Å². The van der Waals surface area contributed by atoms with E-state index in [1.165, 1.54) is 26.5 Å². The van der Waals surface area contributed by atoms with Gasteiger partial charge in [-0.15, -0.1) is 0 Å². The average molecular weight is 442 g/mol. The van der Waals surface area contributed by atoms with E-state index in [-0.39, 0.29) is 49.4 Å². The van der Waals surface area contributed by atoms with Gasteiger partial charge in [0.25, 0.3) is 0 Å². The largest absolute Gasteiger partial charge is 2.00 e. The van der Waals surface area contributed by atoms with Crippen LogP contribution in [0.4, 0.5) is 0 Å². The monoisotopic (exact) mass is 443 g/mol. The van der Waals surface area contributed by atoms with Crippen LogP contribution in [0.2, 0.25) is 7.06 Å². The molecule has 21 heavy (non-hydrogen) atoms. The summed E-state index contributed by atoms with van der Waals surface area (Å²) in [7, 11) is 0. The Morgan fingerprint density at radius 1 is 0.381 bits per heavy atom. The normalized spacial score (nSPS) is 31.0. The van der Waals surface area contributed by atoms with Gasteiger partial charge in [0.15, 0.2) is 0 Å². The molecule has 0 amide bonds. The van der Waals surface area contributed by atoms with E-state index in [1.54, 1.807) is 0 Å². The molecule has 0 aromatic heterocycles. The van der Waals surface area contributed by atoms with Crippen LogP contribution in [0.3, 0.4) is 0 Å². The van der Waals surface area contributed by atoms with Gasteiger partial charge in [0.05, 0.1) is 0 Å². The SMILES string of the molecule is [2H]N1CCCN([2H])CCCN([2H])CCCN([2H])CCCN([2H])CCC1.[Eu+2]. The number of nitrogens with one attached hydrogen (secondary N) is 5. The van der Waals surface area contributed by atoms with E-state index in [2.05, 4.69) is 0 Å². The third-order valence-electron chi connectivity index (χ3n) is 3.16. The molecule has 1 fully saturated rings. The maximum absolute atomic E-state index is 7.89. The zero-order valence-electron chi connectivity index (χ0n) is 18.2. The van der Waals surface area contributed by atoms with Gasteiger partial charge in [-0.05, 0) is 97.6 Å². The van der Waals surface area contributed by atoms with E-state index in [0.717, 1.165) is 32.1 Å². The molecule has 0 unspecified atom stereocenters. The average Bonchev–Trinajstić information content (AvgIpc) is 2.54. The first-order chi connectivity index (χ1) is 12.0. The molecule has 0 aromatic carbocycles. The predicted molar refractivity (Wildman–Crippen MR) is 87.4 cm³/mol. The molecule has 0 aliphatic carbocycles. The van der Waals surface area contributed by atoms with Crippen molar-refractivity contribution in [3.8, 4) is 0 Å². The summed E-state index contributed by atoms with van der Waals surface area (Å²) in [6.07, 6.45) is 3.97. The maximum Gasteiger partial charge on any atom is 2.00 e. The van der Waals surface area contributed by atoms with Crippen molar-refractivity contribution in [2.24, 2.45) is 0 Å². The first-order valence-electron chi connectivity index (χ1n) is 10.4. The minimum atomic E-state index is 0. The second-order valence-electron chi connectivity index (χ2n) is 5.12. The first-order valence-corrected chi connectivity index (χ1v) is 8.16. The Morgan fingerprint density at radius 3 is 0.667 bits per heavy atom. The standard InChI is InChI=1S/C15H35N5.Eu/c1-6-16-8-2-10-18-12-4-14-20-15-5-13-19-11-3-9-17-7-1;/h16-20H,1-15H2;/q;+2/i/hD5. The van der Waals surface area contributed by atoms with Crippen LogP contribution in [-0.2, 0) is 0 Å². The van der Waals surface area contributed by atoms with Crippen molar-refractivity contribution in [2.45, 2.75) is 32.1 Å². The van der Waals surface area contributed by atoms with Gasteiger partial charge in [0.1, 0.15) is 7.06 Å². The zero-order valence-corrected chi connectivity index (χ0v) is 15.6. The van der Waals surface area contributed by atoms with Gasteiger partial charge in [0.2, 0.25) is 0 Å².